The van der Waals surface area contributed by atoms with Crippen LogP contribution >= 0.6 is 0 Å². The van der Waals surface area contributed by atoms with Crippen LogP contribution in [0, 0.1) is 0 Å². The fourth-order valence-corrected chi connectivity index (χ4v) is 3.79. The van der Waals surface area contributed by atoms with Crippen molar-refractivity contribution in [3.8, 4) is 5.75 Å². The first-order valence-corrected chi connectivity index (χ1v) is 8.27. The molecule has 1 fully saturated rings. The van der Waals surface area contributed by atoms with E-state index in [2.05, 4.69) is 55.4 Å². The minimum Gasteiger partial charge on any atom is -0.487 e. The van der Waals surface area contributed by atoms with E-state index < -0.39 is 0 Å². The van der Waals surface area contributed by atoms with Gasteiger partial charge in [0.15, 0.2) is 0 Å². The standard InChI is InChI=1S/C18H28N2O/c1-18(2)13-16(15-8-4-5-9-17(15)21-18)20(3)14-7-6-11-19-12-10-14/h4-5,8-9,14,16,19H,6-7,10-13H2,1-3H3. The molecule has 1 aromatic rings. The second kappa shape index (κ2) is 5.98. The maximum Gasteiger partial charge on any atom is 0.124 e. The predicted molar refractivity (Wildman–Crippen MR) is 86.8 cm³/mol. The third-order valence-corrected chi connectivity index (χ3v) is 4.96. The first-order chi connectivity index (χ1) is 10.1. The lowest BCUT2D eigenvalue weighted by Gasteiger charge is -2.43. The van der Waals surface area contributed by atoms with E-state index in [-0.39, 0.29) is 5.60 Å². The molecule has 21 heavy (non-hydrogen) atoms. The maximum absolute atomic E-state index is 6.17. The molecule has 1 N–H and O–H groups in total. The van der Waals surface area contributed by atoms with E-state index >= 15 is 0 Å². The van der Waals surface area contributed by atoms with E-state index in [0.29, 0.717) is 12.1 Å². The Bertz CT molecular complexity index is 478. The first-order valence-electron chi connectivity index (χ1n) is 8.27. The lowest BCUT2D eigenvalue weighted by Crippen LogP contribution is -2.43. The molecule has 116 valence electrons. The van der Waals surface area contributed by atoms with Crippen LogP contribution in [-0.2, 0) is 0 Å². The van der Waals surface area contributed by atoms with Gasteiger partial charge in [0.2, 0.25) is 0 Å². The van der Waals surface area contributed by atoms with Gasteiger partial charge in [0.1, 0.15) is 11.4 Å². The SMILES string of the molecule is CN(C1CCCNCC1)C1CC(C)(C)Oc2ccccc21. The molecule has 1 aromatic carbocycles. The van der Waals surface area contributed by atoms with Crippen LogP contribution < -0.4 is 10.1 Å². The largest absolute Gasteiger partial charge is 0.487 e. The Balaban J connectivity index is 1.86. The van der Waals surface area contributed by atoms with Crippen LogP contribution in [0.25, 0.3) is 0 Å². The average molecular weight is 288 g/mol. The van der Waals surface area contributed by atoms with Crippen molar-refractivity contribution in [3.05, 3.63) is 29.8 Å². The highest BCUT2D eigenvalue weighted by atomic mass is 16.5. The predicted octanol–water partition coefficient (Wildman–Crippen LogP) is 3.36. The average Bonchev–Trinajstić information content (AvgIpc) is 2.73. The van der Waals surface area contributed by atoms with Crippen LogP contribution in [0.4, 0.5) is 0 Å². The molecule has 0 bridgehead atoms. The van der Waals surface area contributed by atoms with Crippen molar-refractivity contribution >= 4 is 0 Å². The number of rotatable bonds is 2. The fraction of sp³-hybridized carbons (Fsp3) is 0.667. The summed E-state index contributed by atoms with van der Waals surface area (Å²) in [5.41, 5.74) is 1.27. The fourth-order valence-electron chi connectivity index (χ4n) is 3.79. The van der Waals surface area contributed by atoms with Gasteiger partial charge >= 0.3 is 0 Å². The van der Waals surface area contributed by atoms with Gasteiger partial charge in [0.05, 0.1) is 0 Å². The Morgan fingerprint density at radius 2 is 2.00 bits per heavy atom. The molecule has 3 nitrogen and oxygen atoms in total. The van der Waals surface area contributed by atoms with Gasteiger partial charge in [-0.15, -0.1) is 0 Å². The molecule has 2 heterocycles. The molecule has 0 amide bonds. The van der Waals surface area contributed by atoms with E-state index in [9.17, 15) is 0 Å². The van der Waals surface area contributed by atoms with Crippen LogP contribution in [0.15, 0.2) is 24.3 Å². The zero-order chi connectivity index (χ0) is 14.9. The zero-order valence-corrected chi connectivity index (χ0v) is 13.6. The van der Waals surface area contributed by atoms with E-state index in [1.165, 1.54) is 31.4 Å². The highest BCUT2D eigenvalue weighted by Crippen LogP contribution is 2.43. The lowest BCUT2D eigenvalue weighted by molar-refractivity contribution is 0.0230. The summed E-state index contributed by atoms with van der Waals surface area (Å²) in [4.78, 5) is 2.61. The van der Waals surface area contributed by atoms with Crippen molar-refractivity contribution in [2.24, 2.45) is 0 Å². The molecule has 0 aromatic heterocycles. The van der Waals surface area contributed by atoms with E-state index in [0.717, 1.165) is 18.7 Å². The maximum atomic E-state index is 6.17. The van der Waals surface area contributed by atoms with Gasteiger partial charge in [-0.1, -0.05) is 18.2 Å². The van der Waals surface area contributed by atoms with Gasteiger partial charge in [-0.3, -0.25) is 4.90 Å². The Morgan fingerprint density at radius 3 is 2.86 bits per heavy atom. The van der Waals surface area contributed by atoms with Crippen molar-refractivity contribution in [1.29, 1.82) is 0 Å². The Kier molecular flexibility index (Phi) is 4.23. The second-order valence-electron chi connectivity index (χ2n) is 7.12. The minimum absolute atomic E-state index is 0.0870. The Labute approximate surface area is 128 Å². The zero-order valence-electron chi connectivity index (χ0n) is 13.6. The van der Waals surface area contributed by atoms with Crippen molar-refractivity contribution in [2.45, 2.75) is 57.2 Å². The highest BCUT2D eigenvalue weighted by Gasteiger charge is 2.37. The first kappa shape index (κ1) is 14.9. The number of hydrogen-bond acceptors (Lipinski definition) is 3. The topological polar surface area (TPSA) is 24.5 Å². The molecule has 2 aliphatic rings. The molecular weight excluding hydrogens is 260 g/mol. The third kappa shape index (κ3) is 3.24. The van der Waals surface area contributed by atoms with Crippen molar-refractivity contribution in [3.63, 3.8) is 0 Å². The van der Waals surface area contributed by atoms with E-state index in [1.807, 2.05) is 0 Å². The molecule has 1 saturated heterocycles. The number of benzene rings is 1. The van der Waals surface area contributed by atoms with E-state index in [4.69, 9.17) is 4.74 Å². The summed E-state index contributed by atoms with van der Waals surface area (Å²) in [7, 11) is 2.30. The van der Waals surface area contributed by atoms with Crippen LogP contribution in [0.2, 0.25) is 0 Å². The van der Waals surface area contributed by atoms with Gasteiger partial charge in [-0.05, 0) is 59.3 Å². The van der Waals surface area contributed by atoms with Crippen LogP contribution in [0.5, 0.6) is 5.75 Å². The van der Waals surface area contributed by atoms with Crippen molar-refractivity contribution in [2.75, 3.05) is 20.1 Å². The quantitative estimate of drug-likeness (QED) is 0.903. The number of ether oxygens (including phenoxy) is 1. The number of para-hydroxylation sites is 1. The van der Waals surface area contributed by atoms with Crippen LogP contribution in [-0.4, -0.2) is 36.7 Å². The number of nitrogens with one attached hydrogen (secondary N) is 1. The summed E-state index contributed by atoms with van der Waals surface area (Å²) in [6.45, 7) is 6.72. The lowest BCUT2D eigenvalue weighted by atomic mass is 9.87. The third-order valence-electron chi connectivity index (χ3n) is 4.96. The van der Waals surface area contributed by atoms with Gasteiger partial charge in [-0.2, -0.15) is 0 Å². The summed E-state index contributed by atoms with van der Waals surface area (Å²) in [5.74, 6) is 1.07. The molecule has 2 unspecified atom stereocenters. The van der Waals surface area contributed by atoms with Gasteiger partial charge < -0.3 is 10.1 Å². The molecule has 3 heteroatoms. The Morgan fingerprint density at radius 1 is 1.19 bits per heavy atom. The second-order valence-corrected chi connectivity index (χ2v) is 7.12. The highest BCUT2D eigenvalue weighted by molar-refractivity contribution is 5.38. The van der Waals surface area contributed by atoms with Gasteiger partial charge in [0.25, 0.3) is 0 Å². The smallest absolute Gasteiger partial charge is 0.124 e. The molecule has 2 aliphatic heterocycles. The summed E-state index contributed by atoms with van der Waals surface area (Å²) in [5, 5.41) is 3.52. The monoisotopic (exact) mass is 288 g/mol. The summed E-state index contributed by atoms with van der Waals surface area (Å²) >= 11 is 0. The molecule has 0 spiro atoms. The molecule has 2 atom stereocenters. The van der Waals surface area contributed by atoms with Crippen LogP contribution in [0.1, 0.15) is 51.1 Å². The molecular formula is C18H28N2O. The van der Waals surface area contributed by atoms with Crippen LogP contribution in [0.3, 0.4) is 0 Å². The number of hydrogen-bond donors (Lipinski definition) is 1. The Hall–Kier alpha value is -1.06. The summed E-state index contributed by atoms with van der Waals surface area (Å²) in [6, 6.07) is 9.70. The summed E-state index contributed by atoms with van der Waals surface area (Å²) in [6.07, 6.45) is 4.88. The summed E-state index contributed by atoms with van der Waals surface area (Å²) < 4.78 is 6.17. The minimum atomic E-state index is -0.0870. The normalized spacial score (nSPS) is 28.6. The molecule has 0 radical (unpaired) electrons. The van der Waals surface area contributed by atoms with Gasteiger partial charge in [0, 0.05) is 24.1 Å². The number of fused-ring (bicyclic) bond motifs is 1. The molecule has 0 saturated carbocycles. The molecule has 0 aliphatic carbocycles. The number of nitrogens with zero attached hydrogens (tertiary/aromatic N) is 1. The van der Waals surface area contributed by atoms with Gasteiger partial charge in [-0.25, -0.2) is 0 Å². The van der Waals surface area contributed by atoms with E-state index in [1.54, 1.807) is 0 Å². The molecule has 3 rings (SSSR count). The van der Waals surface area contributed by atoms with Crippen molar-refractivity contribution in [1.82, 2.24) is 10.2 Å². The van der Waals surface area contributed by atoms with Crippen molar-refractivity contribution < 1.29 is 4.74 Å².